The molecule has 0 aliphatic carbocycles. The van der Waals surface area contributed by atoms with Crippen LogP contribution >= 0.6 is 0 Å². The molecule has 1 amide bonds. The van der Waals surface area contributed by atoms with Crippen molar-refractivity contribution in [3.05, 3.63) is 83.2 Å². The summed E-state index contributed by atoms with van der Waals surface area (Å²) in [5.74, 6) is 0.704. The lowest BCUT2D eigenvalue weighted by Crippen LogP contribution is -2.28. The molecule has 0 spiro atoms. The standard InChI is InChI=1S/C25H26N4O2/c1-16-14-17(2)29-25(26-16)22(24(28-29)20-10-12-21(31-4)13-11-20)15-23(30)27-18(3)19-8-6-5-7-9-19/h5-14,18H,15H2,1-4H3,(H,27,30)/t18-/m1/s1. The second kappa shape index (κ2) is 8.60. The van der Waals surface area contributed by atoms with Crippen LogP contribution in [0.15, 0.2) is 60.7 Å². The zero-order valence-corrected chi connectivity index (χ0v) is 18.2. The summed E-state index contributed by atoms with van der Waals surface area (Å²) in [4.78, 5) is 17.7. The monoisotopic (exact) mass is 414 g/mol. The summed E-state index contributed by atoms with van der Waals surface area (Å²) in [6.45, 7) is 5.93. The van der Waals surface area contributed by atoms with Gasteiger partial charge in [0.1, 0.15) is 5.75 Å². The maximum atomic E-state index is 13.0. The van der Waals surface area contributed by atoms with Crippen LogP contribution in [0.2, 0.25) is 0 Å². The van der Waals surface area contributed by atoms with Crippen molar-refractivity contribution in [2.75, 3.05) is 7.11 Å². The van der Waals surface area contributed by atoms with Crippen LogP contribution in [0.1, 0.15) is 35.5 Å². The summed E-state index contributed by atoms with van der Waals surface area (Å²) in [5, 5.41) is 7.90. The third-order valence-electron chi connectivity index (χ3n) is 5.37. The van der Waals surface area contributed by atoms with E-state index in [1.165, 1.54) is 0 Å². The molecule has 2 aromatic heterocycles. The van der Waals surface area contributed by atoms with Crippen LogP contribution in [0.4, 0.5) is 0 Å². The topological polar surface area (TPSA) is 68.5 Å². The van der Waals surface area contributed by atoms with Gasteiger partial charge in [-0.3, -0.25) is 4.79 Å². The highest BCUT2D eigenvalue weighted by atomic mass is 16.5. The third kappa shape index (κ3) is 4.28. The lowest BCUT2D eigenvalue weighted by Gasteiger charge is -2.14. The molecule has 0 fully saturated rings. The van der Waals surface area contributed by atoms with Gasteiger partial charge in [-0.2, -0.15) is 5.10 Å². The number of carbonyl (C=O) groups excluding carboxylic acids is 1. The summed E-state index contributed by atoms with van der Waals surface area (Å²) in [5.41, 5.74) is 6.14. The van der Waals surface area contributed by atoms with E-state index >= 15 is 0 Å². The van der Waals surface area contributed by atoms with Crippen molar-refractivity contribution in [1.29, 1.82) is 0 Å². The van der Waals surface area contributed by atoms with E-state index < -0.39 is 0 Å². The number of aryl methyl sites for hydroxylation is 2. The number of ether oxygens (including phenoxy) is 1. The summed E-state index contributed by atoms with van der Waals surface area (Å²) in [6, 6.07) is 19.5. The normalized spacial score (nSPS) is 12.0. The number of aromatic nitrogens is 3. The third-order valence-corrected chi connectivity index (χ3v) is 5.37. The van der Waals surface area contributed by atoms with Crippen molar-refractivity contribution in [1.82, 2.24) is 19.9 Å². The Hall–Kier alpha value is -3.67. The van der Waals surface area contributed by atoms with Gasteiger partial charge in [-0.1, -0.05) is 30.3 Å². The van der Waals surface area contributed by atoms with Crippen LogP contribution in [0.3, 0.4) is 0 Å². The predicted octanol–water partition coefficient (Wildman–Crippen LogP) is 4.44. The van der Waals surface area contributed by atoms with Gasteiger partial charge in [0.2, 0.25) is 5.91 Å². The lowest BCUT2D eigenvalue weighted by atomic mass is 10.0. The van der Waals surface area contributed by atoms with Gasteiger partial charge >= 0.3 is 0 Å². The summed E-state index contributed by atoms with van der Waals surface area (Å²) >= 11 is 0. The number of rotatable bonds is 6. The Morgan fingerprint density at radius 3 is 2.48 bits per heavy atom. The number of hydrogen-bond acceptors (Lipinski definition) is 4. The van der Waals surface area contributed by atoms with Gasteiger partial charge in [-0.15, -0.1) is 0 Å². The molecule has 0 saturated carbocycles. The molecule has 0 radical (unpaired) electrons. The van der Waals surface area contributed by atoms with Crippen molar-refractivity contribution < 1.29 is 9.53 Å². The van der Waals surface area contributed by atoms with Gasteiger partial charge in [0, 0.05) is 22.5 Å². The molecule has 1 atom stereocenters. The van der Waals surface area contributed by atoms with E-state index in [2.05, 4.69) is 5.32 Å². The first kappa shape index (κ1) is 20.6. The quantitative estimate of drug-likeness (QED) is 0.506. The molecule has 0 aliphatic heterocycles. The SMILES string of the molecule is COc1ccc(-c2nn3c(C)cc(C)nc3c2CC(=O)N[C@H](C)c2ccccc2)cc1. The van der Waals surface area contributed by atoms with Crippen LogP contribution in [0.25, 0.3) is 16.9 Å². The van der Waals surface area contributed by atoms with Gasteiger partial charge in [0.15, 0.2) is 5.65 Å². The molecule has 2 heterocycles. The van der Waals surface area contributed by atoms with Gasteiger partial charge in [0.25, 0.3) is 0 Å². The number of nitrogens with one attached hydrogen (secondary N) is 1. The van der Waals surface area contributed by atoms with Gasteiger partial charge < -0.3 is 10.1 Å². The highest BCUT2D eigenvalue weighted by Gasteiger charge is 2.21. The fourth-order valence-corrected chi connectivity index (χ4v) is 3.79. The van der Waals surface area contributed by atoms with Crippen molar-refractivity contribution in [2.45, 2.75) is 33.2 Å². The molecule has 4 rings (SSSR count). The Bertz CT molecular complexity index is 1210. The largest absolute Gasteiger partial charge is 0.497 e. The van der Waals surface area contributed by atoms with Crippen LogP contribution < -0.4 is 10.1 Å². The number of fused-ring (bicyclic) bond motifs is 1. The van der Waals surface area contributed by atoms with Crippen molar-refractivity contribution >= 4 is 11.6 Å². The van der Waals surface area contributed by atoms with E-state index in [1.807, 2.05) is 86.0 Å². The molecule has 0 saturated heterocycles. The van der Waals surface area contributed by atoms with Crippen LogP contribution in [0.5, 0.6) is 5.75 Å². The fraction of sp³-hybridized carbons (Fsp3) is 0.240. The number of amides is 1. The molecule has 0 unspecified atom stereocenters. The first-order chi connectivity index (χ1) is 15.0. The highest BCUT2D eigenvalue weighted by molar-refractivity contribution is 5.85. The minimum absolute atomic E-state index is 0.0676. The van der Waals surface area contributed by atoms with E-state index in [-0.39, 0.29) is 18.4 Å². The van der Waals surface area contributed by atoms with E-state index in [4.69, 9.17) is 14.8 Å². The zero-order valence-electron chi connectivity index (χ0n) is 18.2. The first-order valence-electron chi connectivity index (χ1n) is 10.3. The zero-order chi connectivity index (χ0) is 22.0. The molecule has 6 heteroatoms. The Morgan fingerprint density at radius 2 is 1.81 bits per heavy atom. The number of carbonyl (C=O) groups is 1. The molecule has 6 nitrogen and oxygen atoms in total. The smallest absolute Gasteiger partial charge is 0.225 e. The maximum absolute atomic E-state index is 13.0. The molecular weight excluding hydrogens is 388 g/mol. The van der Waals surface area contributed by atoms with Crippen molar-refractivity contribution in [2.24, 2.45) is 0 Å². The Balaban J connectivity index is 1.71. The van der Waals surface area contributed by atoms with E-state index in [0.717, 1.165) is 39.5 Å². The van der Waals surface area contributed by atoms with Crippen LogP contribution in [-0.2, 0) is 11.2 Å². The number of nitrogens with zero attached hydrogens (tertiary/aromatic N) is 3. The second-order valence-electron chi connectivity index (χ2n) is 7.71. The Labute approximate surface area is 181 Å². The molecule has 4 aromatic rings. The highest BCUT2D eigenvalue weighted by Crippen LogP contribution is 2.28. The van der Waals surface area contributed by atoms with Crippen molar-refractivity contribution in [3.8, 4) is 17.0 Å². The molecule has 31 heavy (non-hydrogen) atoms. The minimum atomic E-state index is -0.0867. The average molecular weight is 415 g/mol. The van der Waals surface area contributed by atoms with E-state index in [1.54, 1.807) is 7.11 Å². The first-order valence-corrected chi connectivity index (χ1v) is 10.3. The van der Waals surface area contributed by atoms with Crippen LogP contribution in [-0.4, -0.2) is 27.6 Å². The van der Waals surface area contributed by atoms with E-state index in [0.29, 0.717) is 5.65 Å². The lowest BCUT2D eigenvalue weighted by molar-refractivity contribution is -0.121. The average Bonchev–Trinajstić information content (AvgIpc) is 3.12. The summed E-state index contributed by atoms with van der Waals surface area (Å²) in [6.07, 6.45) is 0.192. The number of hydrogen-bond donors (Lipinski definition) is 1. The van der Waals surface area contributed by atoms with E-state index in [9.17, 15) is 4.79 Å². The molecular formula is C25H26N4O2. The maximum Gasteiger partial charge on any atom is 0.225 e. The van der Waals surface area contributed by atoms with Crippen LogP contribution in [0, 0.1) is 13.8 Å². The second-order valence-corrected chi connectivity index (χ2v) is 7.71. The molecule has 158 valence electrons. The Kier molecular flexibility index (Phi) is 5.71. The predicted molar refractivity (Wildman–Crippen MR) is 121 cm³/mol. The number of benzene rings is 2. The molecule has 2 aromatic carbocycles. The van der Waals surface area contributed by atoms with Gasteiger partial charge in [-0.25, -0.2) is 9.50 Å². The van der Waals surface area contributed by atoms with Crippen molar-refractivity contribution in [3.63, 3.8) is 0 Å². The van der Waals surface area contributed by atoms with Gasteiger partial charge in [0.05, 0.1) is 25.3 Å². The summed E-state index contributed by atoms with van der Waals surface area (Å²) in [7, 11) is 1.64. The fourth-order valence-electron chi connectivity index (χ4n) is 3.79. The molecule has 0 bridgehead atoms. The number of methoxy groups -OCH3 is 1. The summed E-state index contributed by atoms with van der Waals surface area (Å²) < 4.78 is 7.09. The van der Waals surface area contributed by atoms with Gasteiger partial charge in [-0.05, 0) is 56.7 Å². The molecule has 0 aliphatic rings. The Morgan fingerprint density at radius 1 is 1.10 bits per heavy atom. The minimum Gasteiger partial charge on any atom is -0.497 e. The molecule has 1 N–H and O–H groups in total.